The van der Waals surface area contributed by atoms with Gasteiger partial charge >= 0.3 is 0 Å². The van der Waals surface area contributed by atoms with Gasteiger partial charge in [0.1, 0.15) is 0 Å². The largest absolute Gasteiger partial charge is 0.285 e. The fraction of sp³-hybridized carbons (Fsp3) is 0.850. The Balaban J connectivity index is 3.23. The van der Waals surface area contributed by atoms with Gasteiger partial charge in [-0.25, -0.2) is 0 Å². The monoisotopic (exact) mass is 292 g/mol. The molecule has 0 heterocycles. The van der Waals surface area contributed by atoms with Gasteiger partial charge < -0.3 is 0 Å². The summed E-state index contributed by atoms with van der Waals surface area (Å²) in [5.41, 5.74) is 0. The summed E-state index contributed by atoms with van der Waals surface area (Å²) in [7, 11) is 0. The predicted molar refractivity (Wildman–Crippen MR) is 93.4 cm³/mol. The molecule has 0 aliphatic rings. The van der Waals surface area contributed by atoms with E-state index in [1.54, 1.807) is 0 Å². The van der Waals surface area contributed by atoms with Crippen molar-refractivity contribution in [3.63, 3.8) is 0 Å². The van der Waals surface area contributed by atoms with E-state index in [2.05, 4.69) is 25.7 Å². The first-order valence-electron chi connectivity index (χ1n) is 9.33. The summed E-state index contributed by atoms with van der Waals surface area (Å²) in [4.78, 5) is 11.4. The van der Waals surface area contributed by atoms with Crippen LogP contribution in [0.4, 0.5) is 0 Å². The van der Waals surface area contributed by atoms with E-state index in [9.17, 15) is 4.79 Å². The molecule has 0 radical (unpaired) electrons. The molecule has 1 nitrogen and oxygen atoms in total. The molecule has 1 heteroatoms. The highest BCUT2D eigenvalue weighted by atomic mass is 16.1. The molecule has 0 saturated carbocycles. The third-order valence-electron chi connectivity index (χ3n) is 3.89. The molecule has 0 aromatic carbocycles. The van der Waals surface area contributed by atoms with E-state index >= 15 is 0 Å². The number of carbonyl (C=O) groups is 1. The molecule has 0 N–H and O–H groups in total. The molecule has 0 saturated heterocycles. The van der Waals surface area contributed by atoms with Crippen LogP contribution in [0.3, 0.4) is 0 Å². The Morgan fingerprint density at radius 1 is 0.667 bits per heavy atom. The summed E-state index contributed by atoms with van der Waals surface area (Å²) in [5.74, 6) is 5.96. The van der Waals surface area contributed by atoms with Crippen LogP contribution in [0, 0.1) is 11.8 Å². The molecule has 0 aromatic rings. The van der Waals surface area contributed by atoms with Gasteiger partial charge in [-0.1, -0.05) is 90.4 Å². The molecule has 0 aliphatic carbocycles. The lowest BCUT2D eigenvalue weighted by Crippen LogP contribution is -1.92. The Labute approximate surface area is 133 Å². The second-order valence-electron chi connectivity index (χ2n) is 6.11. The first-order chi connectivity index (χ1) is 10.3. The van der Waals surface area contributed by atoms with Crippen molar-refractivity contribution in [2.75, 3.05) is 0 Å². The van der Waals surface area contributed by atoms with Gasteiger partial charge in [-0.3, -0.25) is 4.79 Å². The van der Waals surface area contributed by atoms with Crippen LogP contribution < -0.4 is 0 Å². The van der Waals surface area contributed by atoms with E-state index in [1.807, 2.05) is 0 Å². The minimum absolute atomic E-state index is 0.135. The van der Waals surface area contributed by atoms with E-state index in [-0.39, 0.29) is 5.78 Å². The summed E-state index contributed by atoms with van der Waals surface area (Å²) in [6.45, 7) is 4.42. The zero-order chi connectivity index (χ0) is 15.6. The van der Waals surface area contributed by atoms with Gasteiger partial charge in [0, 0.05) is 12.8 Å². The quantitative estimate of drug-likeness (QED) is 0.204. The normalized spacial score (nSPS) is 10.2. The highest BCUT2D eigenvalue weighted by Gasteiger charge is 1.95. The van der Waals surface area contributed by atoms with E-state index in [1.165, 1.54) is 64.2 Å². The maximum atomic E-state index is 11.4. The third-order valence-corrected chi connectivity index (χ3v) is 3.89. The average Bonchev–Trinajstić information content (AvgIpc) is 2.48. The predicted octanol–water partition coefficient (Wildman–Crippen LogP) is 6.45. The Kier molecular flexibility index (Phi) is 16.6. The summed E-state index contributed by atoms with van der Waals surface area (Å²) < 4.78 is 0. The maximum Gasteiger partial charge on any atom is 0.205 e. The topological polar surface area (TPSA) is 17.1 Å². The van der Waals surface area contributed by atoms with Crippen LogP contribution in [0.15, 0.2) is 0 Å². The van der Waals surface area contributed by atoms with Gasteiger partial charge in [-0.15, -0.1) is 0 Å². The third kappa shape index (κ3) is 17.2. The lowest BCUT2D eigenvalue weighted by atomic mass is 10.1. The lowest BCUT2D eigenvalue weighted by Gasteiger charge is -2.00. The Morgan fingerprint density at radius 3 is 1.71 bits per heavy atom. The van der Waals surface area contributed by atoms with Crippen molar-refractivity contribution in [3.8, 4) is 11.8 Å². The highest BCUT2D eigenvalue weighted by Crippen LogP contribution is 2.11. The maximum absolute atomic E-state index is 11.4. The SMILES string of the molecule is CCCCCCCCCCCCC#CC(=O)CCCCC. The molecule has 0 aliphatic heterocycles. The minimum atomic E-state index is 0.135. The van der Waals surface area contributed by atoms with Gasteiger partial charge in [-0.05, 0) is 18.8 Å². The van der Waals surface area contributed by atoms with Crippen molar-refractivity contribution in [2.45, 2.75) is 110 Å². The Bertz CT molecular complexity index is 282. The van der Waals surface area contributed by atoms with Crippen LogP contribution in [0.2, 0.25) is 0 Å². The molecular formula is C20H36O. The smallest absolute Gasteiger partial charge is 0.205 e. The van der Waals surface area contributed by atoms with Crippen molar-refractivity contribution in [1.29, 1.82) is 0 Å². The molecule has 0 unspecified atom stereocenters. The highest BCUT2D eigenvalue weighted by molar-refractivity contribution is 5.95. The number of rotatable bonds is 14. The van der Waals surface area contributed by atoms with E-state index in [0.29, 0.717) is 6.42 Å². The summed E-state index contributed by atoms with van der Waals surface area (Å²) >= 11 is 0. The van der Waals surface area contributed by atoms with Crippen molar-refractivity contribution in [2.24, 2.45) is 0 Å². The zero-order valence-corrected chi connectivity index (χ0v) is 14.5. The van der Waals surface area contributed by atoms with Gasteiger partial charge in [0.2, 0.25) is 5.78 Å². The number of hydrogen-bond acceptors (Lipinski definition) is 1. The number of ketones is 1. The van der Waals surface area contributed by atoms with Crippen LogP contribution in [-0.2, 0) is 4.79 Å². The zero-order valence-electron chi connectivity index (χ0n) is 14.5. The molecule has 0 atom stereocenters. The Morgan fingerprint density at radius 2 is 1.14 bits per heavy atom. The molecule has 0 amide bonds. The van der Waals surface area contributed by atoms with Crippen molar-refractivity contribution in [3.05, 3.63) is 0 Å². The number of Topliss-reactive ketones (excluding diaryl/α,β-unsaturated/α-hetero) is 1. The average molecular weight is 293 g/mol. The Hall–Kier alpha value is -0.770. The van der Waals surface area contributed by atoms with E-state index in [4.69, 9.17) is 0 Å². The fourth-order valence-corrected chi connectivity index (χ4v) is 2.46. The number of hydrogen-bond donors (Lipinski definition) is 0. The van der Waals surface area contributed by atoms with Gasteiger partial charge in [0.15, 0.2) is 0 Å². The molecule has 122 valence electrons. The molecule has 0 rings (SSSR count). The van der Waals surface area contributed by atoms with Crippen LogP contribution in [0.25, 0.3) is 0 Å². The molecular weight excluding hydrogens is 256 g/mol. The van der Waals surface area contributed by atoms with Crippen LogP contribution in [-0.4, -0.2) is 5.78 Å². The molecule has 0 bridgehead atoms. The van der Waals surface area contributed by atoms with Gasteiger partial charge in [0.25, 0.3) is 0 Å². The van der Waals surface area contributed by atoms with Crippen LogP contribution in [0.5, 0.6) is 0 Å². The van der Waals surface area contributed by atoms with Gasteiger partial charge in [-0.2, -0.15) is 0 Å². The molecule has 0 spiro atoms. The van der Waals surface area contributed by atoms with E-state index < -0.39 is 0 Å². The standard InChI is InChI=1S/C20H36O/c1-3-5-7-8-9-10-11-12-13-14-15-17-19-20(21)18-16-6-4-2/h3-16,18H2,1-2H3. The van der Waals surface area contributed by atoms with Crippen molar-refractivity contribution < 1.29 is 4.79 Å². The molecule has 21 heavy (non-hydrogen) atoms. The van der Waals surface area contributed by atoms with Crippen LogP contribution >= 0.6 is 0 Å². The van der Waals surface area contributed by atoms with E-state index in [0.717, 1.165) is 25.7 Å². The molecule has 0 fully saturated rings. The first-order valence-corrected chi connectivity index (χ1v) is 9.33. The number of unbranched alkanes of at least 4 members (excludes halogenated alkanes) is 12. The minimum Gasteiger partial charge on any atom is -0.285 e. The van der Waals surface area contributed by atoms with Crippen LogP contribution in [0.1, 0.15) is 110 Å². The van der Waals surface area contributed by atoms with Gasteiger partial charge in [0.05, 0.1) is 0 Å². The fourth-order valence-electron chi connectivity index (χ4n) is 2.46. The second-order valence-corrected chi connectivity index (χ2v) is 6.11. The second kappa shape index (κ2) is 17.3. The lowest BCUT2D eigenvalue weighted by molar-refractivity contribution is -0.113. The summed E-state index contributed by atoms with van der Waals surface area (Å²) in [6.07, 6.45) is 18.4. The summed E-state index contributed by atoms with van der Waals surface area (Å²) in [5, 5.41) is 0. The number of carbonyl (C=O) groups excluding carboxylic acids is 1. The van der Waals surface area contributed by atoms with Crippen molar-refractivity contribution >= 4 is 5.78 Å². The van der Waals surface area contributed by atoms with Crippen molar-refractivity contribution in [1.82, 2.24) is 0 Å². The molecule has 0 aromatic heterocycles. The first kappa shape index (κ1) is 20.2. The summed E-state index contributed by atoms with van der Waals surface area (Å²) in [6, 6.07) is 0.